The van der Waals surface area contributed by atoms with Crippen molar-refractivity contribution in [3.8, 4) is 17.4 Å². The number of fused-ring (bicyclic) bond motifs is 1. The standard InChI is InChI=1S/C20H23N5O4S/c1-27-14-10-13(11-15(12-14)28-2)24-5-7-25(8-6-24)20(26)23-17-18(29-3)21-16-4-9-30-19(16)22-17/h4,9-12H,5-8H2,1-3H3,(H,22,23,26). The zero-order chi connectivity index (χ0) is 21.1. The molecule has 10 heteroatoms. The molecule has 0 spiro atoms. The van der Waals surface area contributed by atoms with Crippen molar-refractivity contribution in [1.29, 1.82) is 0 Å². The fraction of sp³-hybridized carbons (Fsp3) is 0.350. The van der Waals surface area contributed by atoms with Crippen molar-refractivity contribution in [3.05, 3.63) is 29.6 Å². The lowest BCUT2D eigenvalue weighted by molar-refractivity contribution is 0.208. The van der Waals surface area contributed by atoms with E-state index in [1.165, 1.54) is 18.4 Å². The van der Waals surface area contributed by atoms with Gasteiger partial charge in [0.15, 0.2) is 5.82 Å². The number of urea groups is 1. The quantitative estimate of drug-likeness (QED) is 0.667. The van der Waals surface area contributed by atoms with Crippen LogP contribution >= 0.6 is 11.3 Å². The monoisotopic (exact) mass is 429 g/mol. The van der Waals surface area contributed by atoms with Crippen LogP contribution in [0.1, 0.15) is 0 Å². The molecule has 0 aliphatic carbocycles. The molecule has 1 saturated heterocycles. The van der Waals surface area contributed by atoms with Crippen LogP contribution in [0.3, 0.4) is 0 Å². The van der Waals surface area contributed by atoms with E-state index in [4.69, 9.17) is 14.2 Å². The Morgan fingerprint density at radius 3 is 2.33 bits per heavy atom. The molecular weight excluding hydrogens is 406 g/mol. The highest BCUT2D eigenvalue weighted by atomic mass is 32.1. The lowest BCUT2D eigenvalue weighted by Gasteiger charge is -2.36. The van der Waals surface area contributed by atoms with Crippen molar-refractivity contribution < 1.29 is 19.0 Å². The molecule has 1 fully saturated rings. The SMILES string of the molecule is COc1cc(OC)cc(N2CCN(C(=O)Nc3nc4sccc4nc3OC)CC2)c1. The van der Waals surface area contributed by atoms with Gasteiger partial charge in [-0.05, 0) is 11.4 Å². The number of anilines is 2. The number of nitrogens with zero attached hydrogens (tertiary/aromatic N) is 4. The lowest BCUT2D eigenvalue weighted by atomic mass is 10.2. The van der Waals surface area contributed by atoms with Crippen molar-refractivity contribution in [2.24, 2.45) is 0 Å². The average molecular weight is 430 g/mol. The normalized spacial score (nSPS) is 14.0. The summed E-state index contributed by atoms with van der Waals surface area (Å²) in [5.74, 6) is 2.10. The molecule has 1 N–H and O–H groups in total. The zero-order valence-corrected chi connectivity index (χ0v) is 17.9. The molecular formula is C20H23N5O4S. The molecule has 0 atom stereocenters. The maximum absolute atomic E-state index is 12.8. The third kappa shape index (κ3) is 4.04. The Labute approximate surface area is 178 Å². The number of hydrogen-bond acceptors (Lipinski definition) is 8. The summed E-state index contributed by atoms with van der Waals surface area (Å²) in [6.45, 7) is 2.53. The van der Waals surface area contributed by atoms with Crippen LogP contribution in [0.4, 0.5) is 16.3 Å². The minimum Gasteiger partial charge on any atom is -0.497 e. The number of benzene rings is 1. The van der Waals surface area contributed by atoms with Crippen molar-refractivity contribution >= 4 is 39.2 Å². The van der Waals surface area contributed by atoms with Crippen LogP contribution in [-0.4, -0.2) is 68.4 Å². The van der Waals surface area contributed by atoms with Gasteiger partial charge in [0.05, 0.1) is 21.3 Å². The fourth-order valence-electron chi connectivity index (χ4n) is 3.32. The number of thiophene rings is 1. The summed E-state index contributed by atoms with van der Waals surface area (Å²) in [5.41, 5.74) is 1.75. The van der Waals surface area contributed by atoms with Gasteiger partial charge in [0.1, 0.15) is 21.8 Å². The number of methoxy groups -OCH3 is 3. The highest BCUT2D eigenvalue weighted by Gasteiger charge is 2.24. The van der Waals surface area contributed by atoms with Gasteiger partial charge in [0.2, 0.25) is 0 Å². The Kier molecular flexibility index (Phi) is 5.75. The van der Waals surface area contributed by atoms with Gasteiger partial charge in [-0.3, -0.25) is 5.32 Å². The Morgan fingerprint density at radius 1 is 1.00 bits per heavy atom. The van der Waals surface area contributed by atoms with E-state index in [1.807, 2.05) is 29.6 Å². The summed E-state index contributed by atoms with van der Waals surface area (Å²) in [5, 5.41) is 4.75. The molecule has 2 amide bonds. The first-order valence-electron chi connectivity index (χ1n) is 9.44. The van der Waals surface area contributed by atoms with Gasteiger partial charge >= 0.3 is 6.03 Å². The molecule has 0 bridgehead atoms. The summed E-state index contributed by atoms with van der Waals surface area (Å²) in [7, 11) is 4.77. The van der Waals surface area contributed by atoms with Crippen molar-refractivity contribution in [2.75, 3.05) is 57.7 Å². The summed E-state index contributed by atoms with van der Waals surface area (Å²) < 4.78 is 16.0. The third-order valence-corrected chi connectivity index (χ3v) is 5.75. The van der Waals surface area contributed by atoms with Gasteiger partial charge in [-0.1, -0.05) is 0 Å². The molecule has 30 heavy (non-hydrogen) atoms. The molecule has 0 radical (unpaired) electrons. The molecule has 1 aromatic carbocycles. The molecule has 158 valence electrons. The second-order valence-corrected chi connectivity index (χ2v) is 7.56. The Morgan fingerprint density at radius 2 is 1.70 bits per heavy atom. The summed E-state index contributed by atoms with van der Waals surface area (Å²) in [6, 6.07) is 7.42. The van der Waals surface area contributed by atoms with Crippen molar-refractivity contribution in [3.63, 3.8) is 0 Å². The minimum absolute atomic E-state index is 0.221. The van der Waals surface area contributed by atoms with Crippen LogP contribution in [0.25, 0.3) is 10.3 Å². The Bertz CT molecular complexity index is 1030. The summed E-state index contributed by atoms with van der Waals surface area (Å²) in [4.78, 5) is 26.4. The van der Waals surface area contributed by atoms with E-state index in [-0.39, 0.29) is 6.03 Å². The van der Waals surface area contributed by atoms with Crippen LogP contribution in [0, 0.1) is 0 Å². The maximum Gasteiger partial charge on any atom is 0.323 e. The molecule has 1 aliphatic rings. The number of carbonyl (C=O) groups excluding carboxylic acids is 1. The number of amides is 2. The molecule has 0 unspecified atom stereocenters. The molecule has 3 aromatic rings. The maximum atomic E-state index is 12.8. The van der Waals surface area contributed by atoms with Gasteiger partial charge in [-0.25, -0.2) is 14.8 Å². The molecule has 3 heterocycles. The van der Waals surface area contributed by atoms with Crippen molar-refractivity contribution in [2.45, 2.75) is 0 Å². The lowest BCUT2D eigenvalue weighted by Crippen LogP contribution is -2.50. The van der Waals surface area contributed by atoms with Crippen LogP contribution in [0.5, 0.6) is 17.4 Å². The predicted molar refractivity (Wildman–Crippen MR) is 116 cm³/mol. The van der Waals surface area contributed by atoms with Gasteiger partial charge in [-0.15, -0.1) is 11.3 Å². The highest BCUT2D eigenvalue weighted by molar-refractivity contribution is 7.16. The summed E-state index contributed by atoms with van der Waals surface area (Å²) in [6.07, 6.45) is 0. The first kappa shape index (κ1) is 20.0. The number of aromatic nitrogens is 2. The largest absolute Gasteiger partial charge is 0.497 e. The van der Waals surface area contributed by atoms with E-state index in [9.17, 15) is 4.79 Å². The average Bonchev–Trinajstić information content (AvgIpc) is 3.25. The second-order valence-electron chi connectivity index (χ2n) is 6.67. The number of carbonyl (C=O) groups is 1. The van der Waals surface area contributed by atoms with E-state index < -0.39 is 0 Å². The fourth-order valence-corrected chi connectivity index (χ4v) is 4.03. The van der Waals surface area contributed by atoms with E-state index in [1.54, 1.807) is 19.1 Å². The number of ether oxygens (including phenoxy) is 3. The van der Waals surface area contributed by atoms with Gasteiger partial charge < -0.3 is 24.0 Å². The zero-order valence-electron chi connectivity index (χ0n) is 17.0. The summed E-state index contributed by atoms with van der Waals surface area (Å²) >= 11 is 1.47. The first-order valence-corrected chi connectivity index (χ1v) is 10.3. The molecule has 0 saturated carbocycles. The number of piperazine rings is 1. The van der Waals surface area contributed by atoms with Crippen LogP contribution in [-0.2, 0) is 0 Å². The predicted octanol–water partition coefficient (Wildman–Crippen LogP) is 3.07. The van der Waals surface area contributed by atoms with Crippen LogP contribution in [0.15, 0.2) is 29.6 Å². The van der Waals surface area contributed by atoms with Gasteiger partial charge in [0, 0.05) is 50.1 Å². The molecule has 9 nitrogen and oxygen atoms in total. The molecule has 2 aromatic heterocycles. The highest BCUT2D eigenvalue weighted by Crippen LogP contribution is 2.29. The second kappa shape index (κ2) is 8.62. The number of nitrogens with one attached hydrogen (secondary N) is 1. The minimum atomic E-state index is -0.221. The Hall–Kier alpha value is -3.27. The van der Waals surface area contributed by atoms with Crippen LogP contribution in [0.2, 0.25) is 0 Å². The van der Waals surface area contributed by atoms with E-state index in [2.05, 4.69) is 20.2 Å². The molecule has 4 rings (SSSR count). The van der Waals surface area contributed by atoms with E-state index in [0.717, 1.165) is 27.5 Å². The molecule has 1 aliphatic heterocycles. The topological polar surface area (TPSA) is 89.1 Å². The van der Waals surface area contributed by atoms with Crippen LogP contribution < -0.4 is 24.4 Å². The number of hydrogen-bond donors (Lipinski definition) is 1. The Balaban J connectivity index is 1.43. The first-order chi connectivity index (χ1) is 14.6. The van der Waals surface area contributed by atoms with E-state index >= 15 is 0 Å². The smallest absolute Gasteiger partial charge is 0.323 e. The third-order valence-electron chi connectivity index (χ3n) is 4.95. The van der Waals surface area contributed by atoms with Crippen molar-refractivity contribution in [1.82, 2.24) is 14.9 Å². The van der Waals surface area contributed by atoms with E-state index in [0.29, 0.717) is 37.9 Å². The van der Waals surface area contributed by atoms with Gasteiger partial charge in [-0.2, -0.15) is 0 Å². The van der Waals surface area contributed by atoms with Gasteiger partial charge in [0.25, 0.3) is 5.88 Å². The number of rotatable bonds is 5.